The number of rotatable bonds is 2. The molecule has 0 fully saturated rings. The summed E-state index contributed by atoms with van der Waals surface area (Å²) < 4.78 is 0. The van der Waals surface area contributed by atoms with E-state index in [1.165, 1.54) is 0 Å². The topological polar surface area (TPSA) is 68.1 Å². The van der Waals surface area contributed by atoms with Gasteiger partial charge in [0.1, 0.15) is 5.69 Å². The molecule has 0 spiro atoms. The second-order valence-corrected chi connectivity index (χ2v) is 6.65. The summed E-state index contributed by atoms with van der Waals surface area (Å²) in [5, 5.41) is 15.1. The number of hydrogen-bond donors (Lipinski definition) is 1. The van der Waals surface area contributed by atoms with E-state index >= 15 is 0 Å². The molecule has 2 heterocycles. The Morgan fingerprint density at radius 3 is 2.92 bits per heavy atom. The van der Waals surface area contributed by atoms with Gasteiger partial charge in [-0.05, 0) is 54.5 Å². The molecule has 0 radical (unpaired) electrons. The first-order chi connectivity index (χ1) is 11.6. The van der Waals surface area contributed by atoms with Crippen LogP contribution in [0.15, 0.2) is 42.7 Å². The normalized spacial score (nSPS) is 24.2. The number of anilines is 1. The van der Waals surface area contributed by atoms with Gasteiger partial charge in [0.2, 0.25) is 0 Å². The van der Waals surface area contributed by atoms with Gasteiger partial charge in [0, 0.05) is 24.4 Å². The number of aromatic nitrogens is 1. The molecule has 24 heavy (non-hydrogen) atoms. The van der Waals surface area contributed by atoms with Gasteiger partial charge in [0.05, 0.1) is 11.0 Å². The monoisotopic (exact) mass is 321 g/mol. The third-order valence-electron chi connectivity index (χ3n) is 5.39. The van der Waals surface area contributed by atoms with Crippen LogP contribution in [0.3, 0.4) is 0 Å². The van der Waals surface area contributed by atoms with Gasteiger partial charge in [-0.2, -0.15) is 0 Å². The van der Waals surface area contributed by atoms with E-state index in [1.807, 2.05) is 25.3 Å². The maximum absolute atomic E-state index is 11.6. The van der Waals surface area contributed by atoms with Crippen LogP contribution in [0.2, 0.25) is 0 Å². The number of allylic oxidation sites excluding steroid dienone is 2. The van der Waals surface area contributed by atoms with Gasteiger partial charge >= 0.3 is 0 Å². The fraction of sp³-hybridized carbons (Fsp3) is 0.316. The first-order valence-corrected chi connectivity index (χ1v) is 8.19. The van der Waals surface area contributed by atoms with Crippen molar-refractivity contribution in [2.45, 2.75) is 32.2 Å². The van der Waals surface area contributed by atoms with Crippen LogP contribution in [0, 0.1) is 29.9 Å². The highest BCUT2D eigenvalue weighted by atomic mass is 16.6. The lowest BCUT2D eigenvalue weighted by Crippen LogP contribution is -2.30. The van der Waals surface area contributed by atoms with Gasteiger partial charge in [-0.25, -0.2) is 0 Å². The molecule has 0 saturated carbocycles. The summed E-state index contributed by atoms with van der Waals surface area (Å²) in [7, 11) is 0. The molecule has 0 saturated heterocycles. The Morgan fingerprint density at radius 2 is 2.21 bits per heavy atom. The Labute approximate surface area is 140 Å². The van der Waals surface area contributed by atoms with Crippen molar-refractivity contribution in [1.82, 2.24) is 4.98 Å². The first kappa shape index (κ1) is 14.9. The number of nitrogens with one attached hydrogen (secondary N) is 1. The average Bonchev–Trinajstić information content (AvgIpc) is 3.07. The van der Waals surface area contributed by atoms with Crippen molar-refractivity contribution in [2.75, 3.05) is 5.32 Å². The zero-order valence-electron chi connectivity index (χ0n) is 13.7. The van der Waals surface area contributed by atoms with Crippen molar-refractivity contribution < 1.29 is 4.92 Å². The molecule has 5 nitrogen and oxygen atoms in total. The van der Waals surface area contributed by atoms with E-state index in [4.69, 9.17) is 0 Å². The van der Waals surface area contributed by atoms with Crippen LogP contribution in [0.4, 0.5) is 11.4 Å². The lowest BCUT2D eigenvalue weighted by atomic mass is 9.75. The van der Waals surface area contributed by atoms with Crippen LogP contribution in [-0.4, -0.2) is 9.91 Å². The van der Waals surface area contributed by atoms with Gasteiger partial charge in [0.25, 0.3) is 5.69 Å². The molecule has 0 bridgehead atoms. The third kappa shape index (κ3) is 2.12. The van der Waals surface area contributed by atoms with Crippen LogP contribution < -0.4 is 5.32 Å². The Morgan fingerprint density at radius 1 is 1.38 bits per heavy atom. The number of benzene rings is 1. The molecular formula is C19H19N3O2. The number of fused-ring (bicyclic) bond motifs is 3. The van der Waals surface area contributed by atoms with Crippen LogP contribution >= 0.6 is 0 Å². The summed E-state index contributed by atoms with van der Waals surface area (Å²) in [5.74, 6) is 0.576. The average molecular weight is 321 g/mol. The summed E-state index contributed by atoms with van der Waals surface area (Å²) in [6, 6.07) is 5.67. The number of hydrogen-bond acceptors (Lipinski definition) is 4. The van der Waals surface area contributed by atoms with E-state index in [0.717, 1.165) is 28.7 Å². The van der Waals surface area contributed by atoms with Gasteiger partial charge < -0.3 is 5.32 Å². The molecule has 2 aliphatic rings. The smallest absolute Gasteiger partial charge is 0.292 e. The summed E-state index contributed by atoms with van der Waals surface area (Å²) in [6.07, 6.45) is 8.98. The van der Waals surface area contributed by atoms with E-state index in [1.54, 1.807) is 12.3 Å². The fourth-order valence-corrected chi connectivity index (χ4v) is 4.11. The summed E-state index contributed by atoms with van der Waals surface area (Å²) in [5.41, 5.74) is 5.12. The SMILES string of the molecule is Cc1cc([N+](=O)[O-])c2c(c1C)[C@@H]1C=CC[C@H]1[C@H](c1cccnc1)N2. The maximum atomic E-state index is 11.6. The van der Waals surface area contributed by atoms with Crippen molar-refractivity contribution in [3.05, 3.63) is 75.1 Å². The highest BCUT2D eigenvalue weighted by Gasteiger charge is 2.41. The fourth-order valence-electron chi connectivity index (χ4n) is 4.11. The van der Waals surface area contributed by atoms with Gasteiger partial charge in [0.15, 0.2) is 0 Å². The summed E-state index contributed by atoms with van der Waals surface area (Å²) in [4.78, 5) is 15.6. The molecule has 1 N–H and O–H groups in total. The molecule has 1 aromatic heterocycles. The van der Waals surface area contributed by atoms with Gasteiger partial charge in [-0.15, -0.1) is 0 Å². The number of nitro groups is 1. The molecule has 2 aromatic rings. The number of pyridine rings is 1. The highest BCUT2D eigenvalue weighted by Crippen LogP contribution is 2.53. The Kier molecular flexibility index (Phi) is 3.37. The molecule has 1 aromatic carbocycles. The largest absolute Gasteiger partial charge is 0.372 e. The van der Waals surface area contributed by atoms with Crippen molar-refractivity contribution >= 4 is 11.4 Å². The Hall–Kier alpha value is -2.69. The minimum Gasteiger partial charge on any atom is -0.372 e. The minimum atomic E-state index is -0.280. The molecule has 0 unspecified atom stereocenters. The summed E-state index contributed by atoms with van der Waals surface area (Å²) in [6.45, 7) is 4.01. The quantitative estimate of drug-likeness (QED) is 0.504. The zero-order chi connectivity index (χ0) is 16.8. The maximum Gasteiger partial charge on any atom is 0.292 e. The molecule has 3 atom stereocenters. The second kappa shape index (κ2) is 5.44. The highest BCUT2D eigenvalue weighted by molar-refractivity contribution is 5.74. The number of nitro benzene ring substituents is 1. The van der Waals surface area contributed by atoms with Crippen molar-refractivity contribution in [1.29, 1.82) is 0 Å². The van der Waals surface area contributed by atoms with Crippen molar-refractivity contribution in [3.8, 4) is 0 Å². The molecule has 4 rings (SSSR count). The van der Waals surface area contributed by atoms with Crippen LogP contribution in [0.25, 0.3) is 0 Å². The minimum absolute atomic E-state index is 0.0343. The van der Waals surface area contributed by atoms with Gasteiger partial charge in [-0.1, -0.05) is 18.2 Å². The van der Waals surface area contributed by atoms with E-state index in [0.29, 0.717) is 11.6 Å². The lowest BCUT2D eigenvalue weighted by Gasteiger charge is -2.38. The lowest BCUT2D eigenvalue weighted by molar-refractivity contribution is -0.384. The Balaban J connectivity index is 1.92. The molecule has 1 aliphatic carbocycles. The van der Waals surface area contributed by atoms with Crippen LogP contribution in [-0.2, 0) is 0 Å². The molecule has 1 aliphatic heterocycles. The first-order valence-electron chi connectivity index (χ1n) is 8.19. The van der Waals surface area contributed by atoms with E-state index in [2.05, 4.69) is 29.4 Å². The third-order valence-corrected chi connectivity index (χ3v) is 5.39. The van der Waals surface area contributed by atoms with E-state index in [-0.39, 0.29) is 22.6 Å². The van der Waals surface area contributed by atoms with Crippen molar-refractivity contribution in [2.24, 2.45) is 5.92 Å². The van der Waals surface area contributed by atoms with Crippen LogP contribution in [0.1, 0.15) is 40.6 Å². The molecule has 122 valence electrons. The molecular weight excluding hydrogens is 302 g/mol. The van der Waals surface area contributed by atoms with E-state index in [9.17, 15) is 10.1 Å². The predicted octanol–water partition coefficient (Wildman–Crippen LogP) is 4.43. The summed E-state index contributed by atoms with van der Waals surface area (Å²) >= 11 is 0. The number of aryl methyl sites for hydroxylation is 1. The zero-order valence-corrected chi connectivity index (χ0v) is 13.7. The van der Waals surface area contributed by atoms with E-state index < -0.39 is 0 Å². The number of nitrogens with zero attached hydrogens (tertiary/aromatic N) is 2. The van der Waals surface area contributed by atoms with Crippen LogP contribution in [0.5, 0.6) is 0 Å². The van der Waals surface area contributed by atoms with Gasteiger partial charge in [-0.3, -0.25) is 15.1 Å². The second-order valence-electron chi connectivity index (χ2n) is 6.65. The molecule has 0 amide bonds. The predicted molar refractivity (Wildman–Crippen MR) is 93.2 cm³/mol. The standard InChI is InChI=1S/C19H19N3O2/c1-11-9-16(22(23)24)19-17(12(11)2)14-6-3-7-15(14)18(21-19)13-5-4-8-20-10-13/h3-6,8-10,14-15,18,21H,7H2,1-2H3/t14-,15-,18+/m1/s1. The Bertz CT molecular complexity index is 845. The van der Waals surface area contributed by atoms with Crippen molar-refractivity contribution in [3.63, 3.8) is 0 Å². The molecule has 5 heteroatoms.